The summed E-state index contributed by atoms with van der Waals surface area (Å²) in [4.78, 5) is 2.25. The number of nitrogens with two attached hydrogens (primary N) is 1. The Morgan fingerprint density at radius 1 is 1.35 bits per heavy atom. The van der Waals surface area contributed by atoms with Gasteiger partial charge in [0.25, 0.3) is 0 Å². The van der Waals surface area contributed by atoms with Crippen LogP contribution < -0.4 is 10.5 Å². The van der Waals surface area contributed by atoms with Gasteiger partial charge in [-0.25, -0.2) is 4.39 Å². The van der Waals surface area contributed by atoms with Gasteiger partial charge in [0.15, 0.2) is 11.6 Å². The maximum Gasteiger partial charge on any atom is 0.169 e. The van der Waals surface area contributed by atoms with Gasteiger partial charge >= 0.3 is 0 Å². The number of nitrogens with zero attached hydrogens (tertiary/aromatic N) is 1. The molecule has 1 saturated heterocycles. The molecule has 1 unspecified atom stereocenters. The monoisotopic (exact) mass is 282 g/mol. The molecule has 0 bridgehead atoms. The summed E-state index contributed by atoms with van der Waals surface area (Å²) in [6.07, 6.45) is 0. The van der Waals surface area contributed by atoms with E-state index < -0.39 is 6.04 Å². The van der Waals surface area contributed by atoms with Crippen molar-refractivity contribution in [1.82, 2.24) is 4.90 Å². The first-order valence-corrected chi connectivity index (χ1v) is 6.89. The van der Waals surface area contributed by atoms with Crippen LogP contribution in [0.5, 0.6) is 5.75 Å². The largest absolute Gasteiger partial charge is 0.494 e. The molecule has 1 atom stereocenters. The minimum absolute atomic E-state index is 0.232. The molecule has 20 heavy (non-hydrogen) atoms. The van der Waals surface area contributed by atoms with Crippen LogP contribution in [0.4, 0.5) is 4.39 Å². The zero-order valence-corrected chi connectivity index (χ0v) is 12.4. The van der Waals surface area contributed by atoms with Crippen LogP contribution >= 0.6 is 0 Å². The smallest absolute Gasteiger partial charge is 0.169 e. The minimum atomic E-state index is -0.435. The third kappa shape index (κ3) is 2.80. The van der Waals surface area contributed by atoms with Gasteiger partial charge in [0.2, 0.25) is 0 Å². The predicted octanol–water partition coefficient (Wildman–Crippen LogP) is 1.94. The molecule has 1 aliphatic rings. The van der Waals surface area contributed by atoms with E-state index in [9.17, 15) is 4.39 Å². The van der Waals surface area contributed by atoms with Crippen LogP contribution in [0.1, 0.15) is 25.5 Å². The van der Waals surface area contributed by atoms with Crippen molar-refractivity contribution in [2.24, 2.45) is 5.73 Å². The average Bonchev–Trinajstić information content (AvgIpc) is 2.47. The molecule has 0 radical (unpaired) electrons. The number of ether oxygens (including phenoxy) is 2. The van der Waals surface area contributed by atoms with Crippen molar-refractivity contribution >= 4 is 0 Å². The van der Waals surface area contributed by atoms with Crippen LogP contribution in [-0.4, -0.2) is 43.9 Å². The normalized spacial score (nSPS) is 18.9. The lowest BCUT2D eigenvalue weighted by molar-refractivity contribution is -0.0194. The Balaban J connectivity index is 2.27. The minimum Gasteiger partial charge on any atom is -0.494 e. The Morgan fingerprint density at radius 2 is 2.00 bits per heavy atom. The summed E-state index contributed by atoms with van der Waals surface area (Å²) in [6, 6.07) is 4.67. The number of hydrogen-bond acceptors (Lipinski definition) is 4. The number of halogens is 1. The van der Waals surface area contributed by atoms with E-state index in [0.717, 1.165) is 13.1 Å². The first kappa shape index (κ1) is 15.2. The van der Waals surface area contributed by atoms with Gasteiger partial charge in [-0.1, -0.05) is 12.1 Å². The maximum absolute atomic E-state index is 14.4. The molecule has 0 saturated carbocycles. The van der Waals surface area contributed by atoms with E-state index in [4.69, 9.17) is 15.2 Å². The van der Waals surface area contributed by atoms with Crippen molar-refractivity contribution in [3.63, 3.8) is 0 Å². The Bertz CT molecular complexity index is 459. The highest BCUT2D eigenvalue weighted by Crippen LogP contribution is 2.33. The van der Waals surface area contributed by atoms with E-state index in [0.29, 0.717) is 18.8 Å². The molecule has 4 nitrogen and oxygen atoms in total. The van der Waals surface area contributed by atoms with Gasteiger partial charge in [-0.3, -0.25) is 4.90 Å². The molecule has 0 spiro atoms. The molecule has 1 aliphatic heterocycles. The van der Waals surface area contributed by atoms with E-state index in [1.807, 2.05) is 13.8 Å². The first-order valence-electron chi connectivity index (χ1n) is 6.89. The molecular weight excluding hydrogens is 259 g/mol. The van der Waals surface area contributed by atoms with Crippen LogP contribution in [-0.2, 0) is 4.74 Å². The zero-order chi connectivity index (χ0) is 14.8. The van der Waals surface area contributed by atoms with Gasteiger partial charge in [0.05, 0.1) is 26.4 Å². The molecule has 1 aromatic rings. The van der Waals surface area contributed by atoms with Gasteiger partial charge in [-0.2, -0.15) is 0 Å². The molecule has 1 heterocycles. The highest BCUT2D eigenvalue weighted by molar-refractivity contribution is 5.34. The van der Waals surface area contributed by atoms with Crippen LogP contribution in [0, 0.1) is 5.82 Å². The summed E-state index contributed by atoms with van der Waals surface area (Å²) >= 11 is 0. The quantitative estimate of drug-likeness (QED) is 0.917. The lowest BCUT2D eigenvalue weighted by Gasteiger charge is -2.44. The van der Waals surface area contributed by atoms with E-state index in [2.05, 4.69) is 4.90 Å². The maximum atomic E-state index is 14.4. The van der Waals surface area contributed by atoms with Crippen molar-refractivity contribution in [1.29, 1.82) is 0 Å². The van der Waals surface area contributed by atoms with Gasteiger partial charge in [-0.15, -0.1) is 0 Å². The number of rotatable bonds is 4. The molecule has 1 aromatic carbocycles. The second-order valence-electron chi connectivity index (χ2n) is 5.59. The second-order valence-corrected chi connectivity index (χ2v) is 5.59. The molecular formula is C15H23FN2O2. The van der Waals surface area contributed by atoms with Gasteiger partial charge in [-0.05, 0) is 19.9 Å². The molecule has 5 heteroatoms. The third-order valence-corrected chi connectivity index (χ3v) is 4.14. The Hall–Kier alpha value is -1.17. The molecule has 0 amide bonds. The molecule has 1 fully saturated rings. The number of methoxy groups -OCH3 is 1. The Morgan fingerprint density at radius 3 is 2.60 bits per heavy atom. The lowest BCUT2D eigenvalue weighted by atomic mass is 9.87. The fraction of sp³-hybridized carbons (Fsp3) is 0.600. The fourth-order valence-corrected chi connectivity index (χ4v) is 2.64. The number of benzene rings is 1. The zero-order valence-electron chi connectivity index (χ0n) is 12.4. The van der Waals surface area contributed by atoms with E-state index in [1.54, 1.807) is 18.2 Å². The van der Waals surface area contributed by atoms with Crippen LogP contribution in [0.3, 0.4) is 0 Å². The Labute approximate surface area is 119 Å². The lowest BCUT2D eigenvalue weighted by Crippen LogP contribution is -2.55. The highest BCUT2D eigenvalue weighted by Gasteiger charge is 2.36. The topological polar surface area (TPSA) is 47.7 Å². The van der Waals surface area contributed by atoms with E-state index in [-0.39, 0.29) is 17.1 Å². The summed E-state index contributed by atoms with van der Waals surface area (Å²) in [6.45, 7) is 7.09. The summed E-state index contributed by atoms with van der Waals surface area (Å²) in [5.41, 5.74) is 6.49. The molecule has 2 N–H and O–H groups in total. The van der Waals surface area contributed by atoms with Crippen LogP contribution in [0.25, 0.3) is 0 Å². The Kier molecular flexibility index (Phi) is 4.62. The highest BCUT2D eigenvalue weighted by atomic mass is 19.1. The first-order chi connectivity index (χ1) is 9.48. The van der Waals surface area contributed by atoms with Gasteiger partial charge < -0.3 is 15.2 Å². The standard InChI is InChI=1S/C15H23FN2O2/c1-15(2,18-7-9-20-10-8-18)14(17)11-5-4-6-12(19-3)13(11)16/h4-6,14H,7-10,17H2,1-3H3. The van der Waals surface area contributed by atoms with E-state index in [1.165, 1.54) is 7.11 Å². The van der Waals surface area contributed by atoms with Gasteiger partial charge in [0, 0.05) is 24.2 Å². The second kappa shape index (κ2) is 6.08. The van der Waals surface area contributed by atoms with Crippen molar-refractivity contribution in [2.75, 3.05) is 33.4 Å². The van der Waals surface area contributed by atoms with E-state index >= 15 is 0 Å². The molecule has 0 aromatic heterocycles. The number of hydrogen-bond donors (Lipinski definition) is 1. The summed E-state index contributed by atoms with van der Waals surface area (Å²) < 4.78 is 24.8. The molecule has 112 valence electrons. The fourth-order valence-electron chi connectivity index (χ4n) is 2.64. The SMILES string of the molecule is COc1cccc(C(N)C(C)(C)N2CCOCC2)c1F. The molecule has 0 aliphatic carbocycles. The third-order valence-electron chi connectivity index (χ3n) is 4.14. The summed E-state index contributed by atoms with van der Waals surface area (Å²) in [7, 11) is 1.46. The molecule has 2 rings (SSSR count). The summed E-state index contributed by atoms with van der Waals surface area (Å²) in [5.74, 6) is -0.139. The summed E-state index contributed by atoms with van der Waals surface area (Å²) in [5, 5.41) is 0. The number of morpholine rings is 1. The van der Waals surface area contributed by atoms with Crippen molar-refractivity contribution < 1.29 is 13.9 Å². The van der Waals surface area contributed by atoms with Crippen LogP contribution in [0.2, 0.25) is 0 Å². The van der Waals surface area contributed by atoms with Crippen molar-refractivity contribution in [3.8, 4) is 5.75 Å². The van der Waals surface area contributed by atoms with Crippen LogP contribution in [0.15, 0.2) is 18.2 Å². The van der Waals surface area contributed by atoms with Gasteiger partial charge in [0.1, 0.15) is 0 Å². The predicted molar refractivity (Wildman–Crippen MR) is 76.4 cm³/mol. The van der Waals surface area contributed by atoms with Crippen molar-refractivity contribution in [3.05, 3.63) is 29.6 Å². The average molecular weight is 282 g/mol. The van der Waals surface area contributed by atoms with Crippen molar-refractivity contribution in [2.45, 2.75) is 25.4 Å².